The molecule has 0 N–H and O–H groups in total. The van der Waals surface area contributed by atoms with E-state index in [1.54, 1.807) is 28.6 Å². The summed E-state index contributed by atoms with van der Waals surface area (Å²) in [5, 5.41) is 0. The highest BCUT2D eigenvalue weighted by atomic mass is 32.2. The maximum Gasteiger partial charge on any atom is 0.243 e. The lowest BCUT2D eigenvalue weighted by molar-refractivity contribution is 0.185. The Labute approximate surface area is 122 Å². The van der Waals surface area contributed by atoms with Gasteiger partial charge in [-0.3, -0.25) is 0 Å². The van der Waals surface area contributed by atoms with E-state index in [-0.39, 0.29) is 0 Å². The molecule has 0 amide bonds. The van der Waals surface area contributed by atoms with E-state index in [0.717, 1.165) is 19.6 Å². The van der Waals surface area contributed by atoms with Crippen molar-refractivity contribution in [3.05, 3.63) is 30.3 Å². The van der Waals surface area contributed by atoms with Gasteiger partial charge in [0, 0.05) is 26.2 Å². The van der Waals surface area contributed by atoms with Crippen LogP contribution in [-0.4, -0.2) is 50.3 Å². The van der Waals surface area contributed by atoms with Crippen molar-refractivity contribution in [3.8, 4) is 0 Å². The highest BCUT2D eigenvalue weighted by molar-refractivity contribution is 7.89. The summed E-state index contributed by atoms with van der Waals surface area (Å²) in [6.07, 6.45) is 3.69. The van der Waals surface area contributed by atoms with Gasteiger partial charge in [0.25, 0.3) is 0 Å². The summed E-state index contributed by atoms with van der Waals surface area (Å²) in [5.74, 6) is 0. The molecule has 0 unspecified atom stereocenters. The highest BCUT2D eigenvalue weighted by Crippen LogP contribution is 2.17. The van der Waals surface area contributed by atoms with Gasteiger partial charge >= 0.3 is 0 Å². The zero-order valence-electron chi connectivity index (χ0n) is 12.2. The SMILES string of the molecule is CCCCCN1CCN(S(=O)(=O)c2ccccc2)CC1. The smallest absolute Gasteiger partial charge is 0.243 e. The molecule has 1 aliphatic rings. The van der Waals surface area contributed by atoms with Gasteiger partial charge in [-0.05, 0) is 25.1 Å². The van der Waals surface area contributed by atoms with Crippen LogP contribution in [0, 0.1) is 0 Å². The Balaban J connectivity index is 1.90. The average molecular weight is 296 g/mol. The van der Waals surface area contributed by atoms with Crippen LogP contribution in [0.15, 0.2) is 35.2 Å². The van der Waals surface area contributed by atoms with Gasteiger partial charge in [-0.15, -0.1) is 0 Å². The Morgan fingerprint density at radius 3 is 2.25 bits per heavy atom. The van der Waals surface area contributed by atoms with E-state index in [2.05, 4.69) is 11.8 Å². The van der Waals surface area contributed by atoms with Gasteiger partial charge in [-0.25, -0.2) is 8.42 Å². The third kappa shape index (κ3) is 3.81. The second-order valence-electron chi connectivity index (χ2n) is 5.27. The van der Waals surface area contributed by atoms with Crippen LogP contribution in [0.3, 0.4) is 0 Å². The second kappa shape index (κ2) is 7.20. The lowest BCUT2D eigenvalue weighted by atomic mass is 10.2. The Morgan fingerprint density at radius 2 is 1.65 bits per heavy atom. The number of hydrogen-bond donors (Lipinski definition) is 0. The summed E-state index contributed by atoms with van der Waals surface area (Å²) in [6, 6.07) is 8.72. The molecule has 0 saturated carbocycles. The number of sulfonamides is 1. The van der Waals surface area contributed by atoms with E-state index in [1.807, 2.05) is 6.07 Å². The number of unbranched alkanes of at least 4 members (excludes halogenated alkanes) is 2. The summed E-state index contributed by atoms with van der Waals surface area (Å²) in [5.41, 5.74) is 0. The fourth-order valence-corrected chi connectivity index (χ4v) is 3.96. The first-order valence-corrected chi connectivity index (χ1v) is 8.86. The van der Waals surface area contributed by atoms with E-state index in [1.165, 1.54) is 19.3 Å². The van der Waals surface area contributed by atoms with Crippen molar-refractivity contribution in [2.24, 2.45) is 0 Å². The quantitative estimate of drug-likeness (QED) is 0.756. The molecule has 1 saturated heterocycles. The van der Waals surface area contributed by atoms with Crippen molar-refractivity contribution in [2.45, 2.75) is 31.1 Å². The van der Waals surface area contributed by atoms with E-state index in [4.69, 9.17) is 0 Å². The molecule has 0 bridgehead atoms. The molecule has 0 atom stereocenters. The molecule has 0 aliphatic carbocycles. The van der Waals surface area contributed by atoms with Crippen molar-refractivity contribution >= 4 is 10.0 Å². The number of nitrogens with zero attached hydrogens (tertiary/aromatic N) is 2. The Morgan fingerprint density at radius 1 is 1.00 bits per heavy atom. The minimum Gasteiger partial charge on any atom is -0.301 e. The van der Waals surface area contributed by atoms with Crippen molar-refractivity contribution in [3.63, 3.8) is 0 Å². The molecule has 0 radical (unpaired) electrons. The predicted molar refractivity (Wildman–Crippen MR) is 81.2 cm³/mol. The third-order valence-corrected chi connectivity index (χ3v) is 5.70. The molecule has 1 aromatic carbocycles. The number of rotatable bonds is 6. The number of piperazine rings is 1. The summed E-state index contributed by atoms with van der Waals surface area (Å²) in [7, 11) is -3.30. The molecule has 5 heteroatoms. The molecule has 20 heavy (non-hydrogen) atoms. The van der Waals surface area contributed by atoms with Gasteiger partial charge < -0.3 is 4.90 Å². The van der Waals surface area contributed by atoms with Crippen LogP contribution in [0.25, 0.3) is 0 Å². The van der Waals surface area contributed by atoms with Gasteiger partial charge in [-0.1, -0.05) is 38.0 Å². The average Bonchev–Trinajstić information content (AvgIpc) is 2.49. The minimum absolute atomic E-state index is 0.402. The molecule has 1 heterocycles. The van der Waals surface area contributed by atoms with Crippen molar-refractivity contribution in [1.29, 1.82) is 0 Å². The lowest BCUT2D eigenvalue weighted by Gasteiger charge is -2.33. The molecule has 4 nitrogen and oxygen atoms in total. The monoisotopic (exact) mass is 296 g/mol. The van der Waals surface area contributed by atoms with E-state index in [0.29, 0.717) is 18.0 Å². The van der Waals surface area contributed by atoms with E-state index in [9.17, 15) is 8.42 Å². The molecule has 1 aromatic rings. The zero-order valence-corrected chi connectivity index (χ0v) is 13.0. The van der Waals surface area contributed by atoms with Gasteiger partial charge in [0.2, 0.25) is 10.0 Å². The molecule has 1 aliphatic heterocycles. The second-order valence-corrected chi connectivity index (χ2v) is 7.20. The van der Waals surface area contributed by atoms with Crippen molar-refractivity contribution < 1.29 is 8.42 Å². The first kappa shape index (κ1) is 15.5. The summed E-state index contributed by atoms with van der Waals surface area (Å²) >= 11 is 0. The maximum absolute atomic E-state index is 12.5. The summed E-state index contributed by atoms with van der Waals surface area (Å²) in [6.45, 7) is 6.18. The van der Waals surface area contributed by atoms with Crippen LogP contribution in [-0.2, 0) is 10.0 Å². The van der Waals surface area contributed by atoms with Gasteiger partial charge in [-0.2, -0.15) is 4.31 Å². The largest absolute Gasteiger partial charge is 0.301 e. The normalized spacial score (nSPS) is 18.2. The number of hydrogen-bond acceptors (Lipinski definition) is 3. The van der Waals surface area contributed by atoms with Crippen LogP contribution >= 0.6 is 0 Å². The van der Waals surface area contributed by atoms with Gasteiger partial charge in [0.1, 0.15) is 0 Å². The predicted octanol–water partition coefficient (Wildman–Crippen LogP) is 2.18. The minimum atomic E-state index is -3.30. The van der Waals surface area contributed by atoms with Crippen LogP contribution in [0.4, 0.5) is 0 Å². The van der Waals surface area contributed by atoms with Crippen LogP contribution in [0.2, 0.25) is 0 Å². The standard InChI is InChI=1S/C15H24N2O2S/c1-2-3-7-10-16-11-13-17(14-12-16)20(18,19)15-8-5-4-6-9-15/h4-6,8-9H,2-3,7,10-14H2,1H3. The summed E-state index contributed by atoms with van der Waals surface area (Å²) < 4.78 is 26.5. The molecular weight excluding hydrogens is 272 g/mol. The lowest BCUT2D eigenvalue weighted by Crippen LogP contribution is -2.48. The van der Waals surface area contributed by atoms with E-state index < -0.39 is 10.0 Å². The highest BCUT2D eigenvalue weighted by Gasteiger charge is 2.27. The Kier molecular flexibility index (Phi) is 5.57. The van der Waals surface area contributed by atoms with Gasteiger partial charge in [0.15, 0.2) is 0 Å². The van der Waals surface area contributed by atoms with Crippen LogP contribution in [0.1, 0.15) is 26.2 Å². The molecule has 0 spiro atoms. The zero-order chi connectivity index (χ0) is 14.4. The number of benzene rings is 1. The van der Waals surface area contributed by atoms with Crippen molar-refractivity contribution in [1.82, 2.24) is 9.21 Å². The Hall–Kier alpha value is -0.910. The molecule has 112 valence electrons. The molecule has 0 aromatic heterocycles. The maximum atomic E-state index is 12.5. The topological polar surface area (TPSA) is 40.6 Å². The first-order valence-electron chi connectivity index (χ1n) is 7.42. The van der Waals surface area contributed by atoms with Crippen LogP contribution < -0.4 is 0 Å². The molecule has 1 fully saturated rings. The van der Waals surface area contributed by atoms with Crippen LogP contribution in [0.5, 0.6) is 0 Å². The fraction of sp³-hybridized carbons (Fsp3) is 0.600. The summed E-state index contributed by atoms with van der Waals surface area (Å²) in [4.78, 5) is 2.77. The van der Waals surface area contributed by atoms with E-state index >= 15 is 0 Å². The fourth-order valence-electron chi connectivity index (χ4n) is 2.52. The Bertz CT molecular complexity index is 494. The molecule has 2 rings (SSSR count). The third-order valence-electron chi connectivity index (χ3n) is 3.79. The van der Waals surface area contributed by atoms with Crippen molar-refractivity contribution in [2.75, 3.05) is 32.7 Å². The van der Waals surface area contributed by atoms with Gasteiger partial charge in [0.05, 0.1) is 4.90 Å². The molecular formula is C15H24N2O2S. The first-order chi connectivity index (χ1) is 9.64.